The molecule has 7 heteroatoms. The lowest BCUT2D eigenvalue weighted by Crippen LogP contribution is -2.31. The van der Waals surface area contributed by atoms with E-state index < -0.39 is 0 Å². The quantitative estimate of drug-likeness (QED) is 0.619. The second-order valence-electron chi connectivity index (χ2n) is 7.91. The number of benzene rings is 2. The van der Waals surface area contributed by atoms with E-state index in [4.69, 9.17) is 11.0 Å². The molecular formula is C24H26N6O. The third-order valence-corrected chi connectivity index (χ3v) is 5.78. The highest BCUT2D eigenvalue weighted by atomic mass is 16.1. The summed E-state index contributed by atoms with van der Waals surface area (Å²) in [5, 5.41) is 16.2. The topological polar surface area (TPSA) is 100.0 Å². The van der Waals surface area contributed by atoms with Crippen LogP contribution in [0.1, 0.15) is 27.9 Å². The van der Waals surface area contributed by atoms with Gasteiger partial charge in [0.1, 0.15) is 17.5 Å². The van der Waals surface area contributed by atoms with Gasteiger partial charge in [0, 0.05) is 25.2 Å². The number of nitriles is 1. The largest absolute Gasteiger partial charge is 0.382 e. The second kappa shape index (κ2) is 9.45. The van der Waals surface area contributed by atoms with Crippen LogP contribution in [0.3, 0.4) is 0 Å². The fourth-order valence-corrected chi connectivity index (χ4v) is 3.96. The van der Waals surface area contributed by atoms with E-state index in [0.29, 0.717) is 29.3 Å². The first-order valence-corrected chi connectivity index (χ1v) is 10.5. The molecule has 1 atom stereocenters. The Morgan fingerprint density at radius 3 is 2.68 bits per heavy atom. The molecular weight excluding hydrogens is 388 g/mol. The molecule has 1 unspecified atom stereocenters. The zero-order valence-corrected chi connectivity index (χ0v) is 17.4. The average molecular weight is 415 g/mol. The Morgan fingerprint density at radius 1 is 1.19 bits per heavy atom. The average Bonchev–Trinajstić information content (AvgIpc) is 3.43. The summed E-state index contributed by atoms with van der Waals surface area (Å²) in [5.41, 5.74) is 8.92. The van der Waals surface area contributed by atoms with Gasteiger partial charge in [-0.15, -0.1) is 0 Å². The Morgan fingerprint density at radius 2 is 1.97 bits per heavy atom. The first kappa shape index (κ1) is 20.6. The number of carbonyl (C=O) groups is 1. The molecule has 1 aliphatic heterocycles. The molecule has 2 aromatic carbocycles. The zero-order chi connectivity index (χ0) is 21.6. The number of anilines is 1. The molecule has 0 spiro atoms. The maximum Gasteiger partial charge on any atom is 0.251 e. The molecule has 31 heavy (non-hydrogen) atoms. The maximum absolute atomic E-state index is 12.5. The predicted octanol–water partition coefficient (Wildman–Crippen LogP) is 2.62. The van der Waals surface area contributed by atoms with Crippen molar-refractivity contribution >= 4 is 11.7 Å². The molecule has 4 rings (SSSR count). The molecule has 2 heterocycles. The summed E-state index contributed by atoms with van der Waals surface area (Å²) < 4.78 is 1.49. The maximum atomic E-state index is 12.5. The van der Waals surface area contributed by atoms with Gasteiger partial charge in [0.15, 0.2) is 0 Å². The smallest absolute Gasteiger partial charge is 0.251 e. The van der Waals surface area contributed by atoms with Crippen LogP contribution in [0.5, 0.6) is 0 Å². The number of nitrogens with two attached hydrogens (primary N) is 1. The van der Waals surface area contributed by atoms with Crippen molar-refractivity contribution in [1.82, 2.24) is 20.0 Å². The lowest BCUT2D eigenvalue weighted by molar-refractivity contribution is 0.0947. The normalized spacial score (nSPS) is 16.2. The number of carbonyl (C=O) groups excluding carboxylic acids is 1. The fourth-order valence-electron chi connectivity index (χ4n) is 3.96. The van der Waals surface area contributed by atoms with E-state index >= 15 is 0 Å². The van der Waals surface area contributed by atoms with E-state index in [1.54, 1.807) is 24.3 Å². The van der Waals surface area contributed by atoms with Crippen LogP contribution in [-0.2, 0) is 6.42 Å². The Hall–Kier alpha value is -3.63. The SMILES string of the molecule is N#Cc1cnn(-c2ccc(C(=O)NCC3CCN(CCc4ccccc4)C3)cc2)c1N. The molecule has 3 N–H and O–H groups in total. The summed E-state index contributed by atoms with van der Waals surface area (Å²) in [5.74, 6) is 0.686. The van der Waals surface area contributed by atoms with Crippen molar-refractivity contribution in [3.8, 4) is 11.8 Å². The number of hydrogen-bond donors (Lipinski definition) is 2. The highest BCUT2D eigenvalue weighted by Crippen LogP contribution is 2.18. The molecule has 158 valence electrons. The Kier molecular flexibility index (Phi) is 6.29. The first-order chi connectivity index (χ1) is 15.1. The predicted molar refractivity (Wildman–Crippen MR) is 120 cm³/mol. The molecule has 3 aromatic rings. The number of nitrogens with zero attached hydrogens (tertiary/aromatic N) is 4. The molecule has 0 aliphatic carbocycles. The minimum absolute atomic E-state index is 0.0829. The van der Waals surface area contributed by atoms with Gasteiger partial charge in [-0.25, -0.2) is 4.68 Å². The van der Waals surface area contributed by atoms with Crippen LogP contribution in [0.2, 0.25) is 0 Å². The fraction of sp³-hybridized carbons (Fsp3) is 0.292. The van der Waals surface area contributed by atoms with Gasteiger partial charge in [-0.1, -0.05) is 30.3 Å². The van der Waals surface area contributed by atoms with Gasteiger partial charge in [0.25, 0.3) is 5.91 Å². The van der Waals surface area contributed by atoms with E-state index in [0.717, 1.165) is 32.5 Å². The Balaban J connectivity index is 1.25. The number of rotatable bonds is 7. The number of nitrogen functional groups attached to an aromatic ring is 1. The molecule has 0 saturated carbocycles. The third kappa shape index (κ3) is 4.93. The molecule has 0 bridgehead atoms. The number of hydrogen-bond acceptors (Lipinski definition) is 5. The lowest BCUT2D eigenvalue weighted by Gasteiger charge is -2.16. The van der Waals surface area contributed by atoms with Crippen LogP contribution in [0.15, 0.2) is 60.8 Å². The van der Waals surface area contributed by atoms with Crippen LogP contribution in [0.25, 0.3) is 5.69 Å². The van der Waals surface area contributed by atoms with Gasteiger partial charge in [0.05, 0.1) is 11.9 Å². The van der Waals surface area contributed by atoms with Crippen molar-refractivity contribution in [1.29, 1.82) is 5.26 Å². The summed E-state index contributed by atoms with van der Waals surface area (Å²) in [6, 6.07) is 19.6. The van der Waals surface area contributed by atoms with E-state index in [1.807, 2.05) is 12.1 Å². The van der Waals surface area contributed by atoms with E-state index in [9.17, 15) is 4.79 Å². The first-order valence-electron chi connectivity index (χ1n) is 10.5. The summed E-state index contributed by atoms with van der Waals surface area (Å²) >= 11 is 0. The number of aromatic nitrogens is 2. The van der Waals surface area contributed by atoms with E-state index in [2.05, 4.69) is 39.6 Å². The van der Waals surface area contributed by atoms with Crippen LogP contribution in [0.4, 0.5) is 5.82 Å². The molecule has 1 fully saturated rings. The van der Waals surface area contributed by atoms with Crippen molar-refractivity contribution in [2.24, 2.45) is 5.92 Å². The van der Waals surface area contributed by atoms with Gasteiger partial charge in [-0.2, -0.15) is 10.4 Å². The van der Waals surface area contributed by atoms with Crippen LogP contribution < -0.4 is 11.1 Å². The highest BCUT2D eigenvalue weighted by molar-refractivity contribution is 5.94. The standard InChI is InChI=1S/C24H26N6O/c25-14-21-16-28-30(23(21)26)22-8-6-20(7-9-22)24(31)27-15-19-11-13-29(17-19)12-10-18-4-2-1-3-5-18/h1-9,16,19H,10-13,15,17,26H2,(H,27,31). The minimum atomic E-state index is -0.0829. The Labute approximate surface area is 182 Å². The molecule has 1 saturated heterocycles. The van der Waals surface area contributed by atoms with Gasteiger partial charge in [-0.05, 0) is 55.1 Å². The number of amides is 1. The van der Waals surface area contributed by atoms with Crippen molar-refractivity contribution in [3.05, 3.63) is 77.5 Å². The van der Waals surface area contributed by atoms with Gasteiger partial charge in [-0.3, -0.25) is 4.79 Å². The van der Waals surface area contributed by atoms with Gasteiger partial charge < -0.3 is 16.0 Å². The van der Waals surface area contributed by atoms with Crippen LogP contribution in [-0.4, -0.2) is 46.8 Å². The van der Waals surface area contributed by atoms with Crippen molar-refractivity contribution in [2.45, 2.75) is 12.8 Å². The summed E-state index contributed by atoms with van der Waals surface area (Å²) in [6.45, 7) is 3.84. The summed E-state index contributed by atoms with van der Waals surface area (Å²) in [7, 11) is 0. The minimum Gasteiger partial charge on any atom is -0.382 e. The molecule has 1 amide bonds. The number of likely N-dealkylation sites (tertiary alicyclic amines) is 1. The molecule has 7 nitrogen and oxygen atoms in total. The van der Waals surface area contributed by atoms with Crippen molar-refractivity contribution in [3.63, 3.8) is 0 Å². The Bertz CT molecular complexity index is 1070. The van der Waals surface area contributed by atoms with E-state index in [1.165, 1.54) is 16.4 Å². The van der Waals surface area contributed by atoms with Crippen LogP contribution >= 0.6 is 0 Å². The third-order valence-electron chi connectivity index (χ3n) is 5.78. The molecule has 1 aliphatic rings. The monoisotopic (exact) mass is 414 g/mol. The lowest BCUT2D eigenvalue weighted by atomic mass is 10.1. The molecule has 1 aromatic heterocycles. The van der Waals surface area contributed by atoms with Crippen LogP contribution in [0, 0.1) is 17.2 Å². The zero-order valence-electron chi connectivity index (χ0n) is 17.4. The van der Waals surface area contributed by atoms with Gasteiger partial charge in [0.2, 0.25) is 0 Å². The van der Waals surface area contributed by atoms with Gasteiger partial charge >= 0.3 is 0 Å². The number of nitrogens with one attached hydrogen (secondary N) is 1. The molecule has 0 radical (unpaired) electrons. The summed E-state index contributed by atoms with van der Waals surface area (Å²) in [6.07, 6.45) is 3.59. The van der Waals surface area contributed by atoms with E-state index in [-0.39, 0.29) is 11.7 Å². The van der Waals surface area contributed by atoms with Crippen molar-refractivity contribution < 1.29 is 4.79 Å². The highest BCUT2D eigenvalue weighted by Gasteiger charge is 2.22. The van der Waals surface area contributed by atoms with Crippen molar-refractivity contribution in [2.75, 3.05) is 31.9 Å². The summed E-state index contributed by atoms with van der Waals surface area (Å²) in [4.78, 5) is 15.0. The second-order valence-corrected chi connectivity index (χ2v) is 7.91.